The second kappa shape index (κ2) is 4.92. The highest BCUT2D eigenvalue weighted by Crippen LogP contribution is 2.52. The summed E-state index contributed by atoms with van der Waals surface area (Å²) in [4.78, 5) is 0. The van der Waals surface area contributed by atoms with E-state index in [1.807, 2.05) is 6.07 Å². The van der Waals surface area contributed by atoms with Gasteiger partial charge >= 0.3 is 0 Å². The zero-order chi connectivity index (χ0) is 14.4. The number of allylic oxidation sites excluding steroid dienone is 2. The number of fused-ring (bicyclic) bond motifs is 3. The Kier molecular flexibility index (Phi) is 3.04. The summed E-state index contributed by atoms with van der Waals surface area (Å²) in [6, 6.07) is 15.3. The van der Waals surface area contributed by atoms with Crippen molar-refractivity contribution < 1.29 is 0 Å². The van der Waals surface area contributed by atoms with Gasteiger partial charge in [-0.15, -0.1) is 0 Å². The highest BCUT2D eigenvalue weighted by atomic mass is 35.5. The van der Waals surface area contributed by atoms with Gasteiger partial charge in [0.05, 0.1) is 6.04 Å². The lowest BCUT2D eigenvalue weighted by atomic mass is 9.76. The van der Waals surface area contributed by atoms with Crippen molar-refractivity contribution in [3.8, 4) is 0 Å². The number of nitrogens with one attached hydrogen (secondary N) is 1. The van der Waals surface area contributed by atoms with Crippen molar-refractivity contribution in [2.24, 2.45) is 5.92 Å². The van der Waals surface area contributed by atoms with Gasteiger partial charge < -0.3 is 5.32 Å². The second-order valence-corrected chi connectivity index (χ2v) is 6.45. The first-order valence-corrected chi connectivity index (χ1v) is 7.90. The number of hydrogen-bond acceptors (Lipinski definition) is 1. The van der Waals surface area contributed by atoms with E-state index in [0.29, 0.717) is 17.9 Å². The molecular formula is C19H18ClN. The van der Waals surface area contributed by atoms with E-state index in [4.69, 9.17) is 11.6 Å². The molecule has 0 unspecified atom stereocenters. The van der Waals surface area contributed by atoms with Gasteiger partial charge in [-0.1, -0.05) is 60.2 Å². The fourth-order valence-corrected chi connectivity index (χ4v) is 4.08. The van der Waals surface area contributed by atoms with Crippen LogP contribution in [0.25, 0.3) is 0 Å². The molecule has 1 heterocycles. The first-order chi connectivity index (χ1) is 10.3. The normalized spacial score (nSPS) is 26.1. The molecule has 0 bridgehead atoms. The molecule has 3 atom stereocenters. The number of anilines is 1. The van der Waals surface area contributed by atoms with E-state index in [9.17, 15) is 0 Å². The predicted octanol–water partition coefficient (Wildman–Crippen LogP) is 5.47. The summed E-state index contributed by atoms with van der Waals surface area (Å²) in [5.74, 6) is 0.984. The molecule has 4 rings (SSSR count). The second-order valence-electron chi connectivity index (χ2n) is 6.04. The Morgan fingerprint density at radius 1 is 1.10 bits per heavy atom. The van der Waals surface area contributed by atoms with Gasteiger partial charge in [-0.25, -0.2) is 0 Å². The molecule has 1 N–H and O–H groups in total. The molecule has 106 valence electrons. The Hall–Kier alpha value is -1.73. The third kappa shape index (κ3) is 1.99. The minimum atomic E-state index is 0.357. The summed E-state index contributed by atoms with van der Waals surface area (Å²) < 4.78 is 0. The maximum Gasteiger partial charge on any atom is 0.0554 e. The van der Waals surface area contributed by atoms with Crippen LogP contribution in [0, 0.1) is 12.8 Å². The Labute approximate surface area is 130 Å². The maximum absolute atomic E-state index is 6.50. The van der Waals surface area contributed by atoms with Gasteiger partial charge in [0.25, 0.3) is 0 Å². The molecule has 0 radical (unpaired) electrons. The number of aryl methyl sites for hydroxylation is 1. The third-order valence-electron chi connectivity index (χ3n) is 4.83. The fourth-order valence-electron chi connectivity index (χ4n) is 3.80. The minimum absolute atomic E-state index is 0.357. The maximum atomic E-state index is 6.50. The van der Waals surface area contributed by atoms with Crippen molar-refractivity contribution in [1.29, 1.82) is 0 Å². The van der Waals surface area contributed by atoms with Crippen LogP contribution in [0.3, 0.4) is 0 Å². The number of hydrogen-bond donors (Lipinski definition) is 1. The van der Waals surface area contributed by atoms with Crippen molar-refractivity contribution in [3.63, 3.8) is 0 Å². The van der Waals surface area contributed by atoms with E-state index in [0.717, 1.165) is 11.4 Å². The van der Waals surface area contributed by atoms with E-state index in [1.165, 1.54) is 22.4 Å². The van der Waals surface area contributed by atoms with Crippen molar-refractivity contribution in [3.05, 3.63) is 76.3 Å². The highest BCUT2D eigenvalue weighted by Gasteiger charge is 2.39. The van der Waals surface area contributed by atoms with E-state index in [2.05, 4.69) is 60.8 Å². The lowest BCUT2D eigenvalue weighted by molar-refractivity contribution is 0.425. The summed E-state index contributed by atoms with van der Waals surface area (Å²) >= 11 is 6.50. The zero-order valence-electron chi connectivity index (χ0n) is 12.0. The lowest BCUT2D eigenvalue weighted by Gasteiger charge is -2.38. The largest absolute Gasteiger partial charge is 0.377 e. The first kappa shape index (κ1) is 13.0. The molecule has 1 aliphatic carbocycles. The van der Waals surface area contributed by atoms with Gasteiger partial charge in [-0.05, 0) is 36.5 Å². The Bertz CT molecular complexity index is 705. The average molecular weight is 296 g/mol. The van der Waals surface area contributed by atoms with Gasteiger partial charge in [0, 0.05) is 22.2 Å². The Balaban J connectivity index is 1.86. The smallest absolute Gasteiger partial charge is 0.0554 e. The minimum Gasteiger partial charge on any atom is -0.377 e. The molecule has 2 aromatic carbocycles. The molecular weight excluding hydrogens is 278 g/mol. The molecule has 1 nitrogen and oxygen atoms in total. The molecule has 0 fully saturated rings. The van der Waals surface area contributed by atoms with Crippen LogP contribution in [-0.4, -0.2) is 0 Å². The molecule has 0 aromatic heterocycles. The summed E-state index contributed by atoms with van der Waals surface area (Å²) in [6.07, 6.45) is 5.76. The van der Waals surface area contributed by atoms with Gasteiger partial charge in [0.15, 0.2) is 0 Å². The summed E-state index contributed by atoms with van der Waals surface area (Å²) in [5.41, 5.74) is 5.14. The van der Waals surface area contributed by atoms with Crippen LogP contribution in [0.1, 0.15) is 35.1 Å². The quantitative estimate of drug-likeness (QED) is 0.687. The van der Waals surface area contributed by atoms with E-state index in [-0.39, 0.29) is 0 Å². The van der Waals surface area contributed by atoms with Gasteiger partial charge in [0.1, 0.15) is 0 Å². The molecule has 2 aliphatic rings. The Morgan fingerprint density at radius 3 is 2.71 bits per heavy atom. The van der Waals surface area contributed by atoms with Crippen molar-refractivity contribution in [2.75, 3.05) is 5.32 Å². The topological polar surface area (TPSA) is 12.0 Å². The van der Waals surface area contributed by atoms with Crippen LogP contribution >= 0.6 is 11.6 Å². The van der Waals surface area contributed by atoms with Gasteiger partial charge in [-0.2, -0.15) is 0 Å². The van der Waals surface area contributed by atoms with E-state index < -0.39 is 0 Å². The van der Waals surface area contributed by atoms with Crippen molar-refractivity contribution in [1.82, 2.24) is 0 Å². The molecule has 21 heavy (non-hydrogen) atoms. The summed E-state index contributed by atoms with van der Waals surface area (Å²) in [7, 11) is 0. The number of halogens is 1. The number of rotatable bonds is 1. The van der Waals surface area contributed by atoms with E-state index in [1.54, 1.807) is 0 Å². The third-order valence-corrected chi connectivity index (χ3v) is 5.16. The Morgan fingerprint density at radius 2 is 1.90 bits per heavy atom. The molecule has 1 aliphatic heterocycles. The van der Waals surface area contributed by atoms with Crippen LogP contribution in [0.4, 0.5) is 5.69 Å². The monoisotopic (exact) mass is 295 g/mol. The SMILES string of the molecule is Cc1ccc(Cl)c2c1N[C@H](c1ccccc1)[C@H]1CC=C[C@H]21. The molecule has 2 heteroatoms. The standard InChI is InChI=1S/C19H18ClN/c1-12-10-11-16(20)17-14-8-5-9-15(14)19(21-18(12)17)13-6-3-2-4-7-13/h2-8,10-11,14-15,19,21H,9H2,1H3/t14-,15-,19+/m0/s1. The number of benzene rings is 2. The van der Waals surface area contributed by atoms with Crippen molar-refractivity contribution in [2.45, 2.75) is 25.3 Å². The molecule has 0 saturated carbocycles. The van der Waals surface area contributed by atoms with E-state index >= 15 is 0 Å². The lowest BCUT2D eigenvalue weighted by Crippen LogP contribution is -2.29. The van der Waals surface area contributed by atoms with Crippen LogP contribution in [0.5, 0.6) is 0 Å². The van der Waals surface area contributed by atoms with Crippen LogP contribution in [0.15, 0.2) is 54.6 Å². The summed E-state index contributed by atoms with van der Waals surface area (Å²) in [5, 5.41) is 4.65. The van der Waals surface area contributed by atoms with Crippen LogP contribution in [-0.2, 0) is 0 Å². The van der Waals surface area contributed by atoms with Crippen LogP contribution < -0.4 is 5.32 Å². The first-order valence-electron chi connectivity index (χ1n) is 7.53. The fraction of sp³-hybridized carbons (Fsp3) is 0.263. The van der Waals surface area contributed by atoms with Gasteiger partial charge in [0.2, 0.25) is 0 Å². The van der Waals surface area contributed by atoms with Gasteiger partial charge in [-0.3, -0.25) is 0 Å². The highest BCUT2D eigenvalue weighted by molar-refractivity contribution is 6.32. The average Bonchev–Trinajstić information content (AvgIpc) is 3.00. The molecule has 0 amide bonds. The molecule has 0 spiro atoms. The van der Waals surface area contributed by atoms with Crippen LogP contribution in [0.2, 0.25) is 5.02 Å². The summed E-state index contributed by atoms with van der Waals surface area (Å²) in [6.45, 7) is 2.16. The predicted molar refractivity (Wildman–Crippen MR) is 89.0 cm³/mol. The zero-order valence-corrected chi connectivity index (χ0v) is 12.8. The molecule has 2 aromatic rings. The molecule has 0 saturated heterocycles. The van der Waals surface area contributed by atoms with Crippen molar-refractivity contribution >= 4 is 17.3 Å².